The van der Waals surface area contributed by atoms with Crippen molar-refractivity contribution < 1.29 is 9.21 Å². The zero-order valence-electron chi connectivity index (χ0n) is 11.7. The standard InChI is InChI=1S/C16H17N3O2/c20-16(12-4-2-1-3-5-12)19-10-14-15(18-8-7-17-14)13-6-9-21-11-13/h1-2,6-9,11-12H,3-5,10H2,(H,19,20). The number of carbonyl (C=O) groups is 1. The molecule has 1 amide bonds. The summed E-state index contributed by atoms with van der Waals surface area (Å²) < 4.78 is 5.08. The lowest BCUT2D eigenvalue weighted by Crippen LogP contribution is -2.31. The van der Waals surface area contributed by atoms with Crippen LogP contribution < -0.4 is 5.32 Å². The Morgan fingerprint density at radius 1 is 1.33 bits per heavy atom. The highest BCUT2D eigenvalue weighted by Gasteiger charge is 2.19. The second kappa shape index (κ2) is 6.35. The minimum absolute atomic E-state index is 0.0732. The molecule has 1 atom stereocenters. The van der Waals surface area contributed by atoms with E-state index in [0.29, 0.717) is 6.54 Å². The molecule has 1 aliphatic carbocycles. The van der Waals surface area contributed by atoms with E-state index in [1.54, 1.807) is 24.9 Å². The van der Waals surface area contributed by atoms with Crippen LogP contribution >= 0.6 is 0 Å². The van der Waals surface area contributed by atoms with Crippen LogP contribution in [-0.4, -0.2) is 15.9 Å². The van der Waals surface area contributed by atoms with E-state index in [-0.39, 0.29) is 11.8 Å². The average Bonchev–Trinajstić information content (AvgIpc) is 3.08. The minimum atomic E-state index is 0.0732. The number of rotatable bonds is 4. The van der Waals surface area contributed by atoms with Gasteiger partial charge in [-0.2, -0.15) is 0 Å². The predicted octanol–water partition coefficient (Wildman–Crippen LogP) is 2.71. The van der Waals surface area contributed by atoms with Gasteiger partial charge in [-0.3, -0.25) is 14.8 Å². The summed E-state index contributed by atoms with van der Waals surface area (Å²) in [7, 11) is 0. The molecule has 2 aromatic rings. The van der Waals surface area contributed by atoms with Gasteiger partial charge in [-0.1, -0.05) is 12.2 Å². The lowest BCUT2D eigenvalue weighted by molar-refractivity contribution is -0.125. The van der Waals surface area contributed by atoms with Gasteiger partial charge in [0.15, 0.2) is 0 Å². The maximum atomic E-state index is 12.2. The second-order valence-corrected chi connectivity index (χ2v) is 5.06. The summed E-state index contributed by atoms with van der Waals surface area (Å²) in [6, 6.07) is 1.83. The first-order valence-electron chi connectivity index (χ1n) is 7.10. The number of amides is 1. The van der Waals surface area contributed by atoms with Crippen molar-refractivity contribution in [3.8, 4) is 11.3 Å². The highest BCUT2D eigenvalue weighted by molar-refractivity contribution is 5.79. The highest BCUT2D eigenvalue weighted by Crippen LogP contribution is 2.21. The summed E-state index contributed by atoms with van der Waals surface area (Å²) in [6.07, 6.45) is 13.4. The van der Waals surface area contributed by atoms with Crippen LogP contribution in [0.1, 0.15) is 25.0 Å². The van der Waals surface area contributed by atoms with Crippen LogP contribution in [0.4, 0.5) is 0 Å². The van der Waals surface area contributed by atoms with Gasteiger partial charge in [0.05, 0.1) is 30.5 Å². The Morgan fingerprint density at radius 2 is 2.24 bits per heavy atom. The van der Waals surface area contributed by atoms with Crippen molar-refractivity contribution in [3.05, 3.63) is 48.8 Å². The molecule has 21 heavy (non-hydrogen) atoms. The molecule has 0 spiro atoms. The second-order valence-electron chi connectivity index (χ2n) is 5.06. The molecular formula is C16H17N3O2. The molecule has 3 rings (SSSR count). The average molecular weight is 283 g/mol. The SMILES string of the molecule is O=C(NCc1nccnc1-c1ccoc1)C1CC=CCC1. The van der Waals surface area contributed by atoms with Crippen molar-refractivity contribution in [2.45, 2.75) is 25.8 Å². The molecular weight excluding hydrogens is 266 g/mol. The van der Waals surface area contributed by atoms with Crippen LogP contribution in [0, 0.1) is 5.92 Å². The zero-order chi connectivity index (χ0) is 14.5. The lowest BCUT2D eigenvalue weighted by atomic mass is 9.93. The minimum Gasteiger partial charge on any atom is -0.472 e. The number of nitrogens with one attached hydrogen (secondary N) is 1. The summed E-state index contributed by atoms with van der Waals surface area (Å²) in [4.78, 5) is 20.8. The molecule has 1 unspecified atom stereocenters. The third-order valence-corrected chi connectivity index (χ3v) is 3.64. The summed E-state index contributed by atoms with van der Waals surface area (Å²) >= 11 is 0. The number of hydrogen-bond acceptors (Lipinski definition) is 4. The van der Waals surface area contributed by atoms with E-state index >= 15 is 0 Å². The molecule has 2 aromatic heterocycles. The van der Waals surface area contributed by atoms with Crippen molar-refractivity contribution in [1.82, 2.24) is 15.3 Å². The molecule has 5 nitrogen and oxygen atoms in total. The van der Waals surface area contributed by atoms with Crippen molar-refractivity contribution >= 4 is 5.91 Å². The first kappa shape index (κ1) is 13.5. The van der Waals surface area contributed by atoms with Crippen molar-refractivity contribution in [2.24, 2.45) is 5.92 Å². The van der Waals surface area contributed by atoms with Crippen LogP contribution in [0.25, 0.3) is 11.3 Å². The van der Waals surface area contributed by atoms with Crippen LogP contribution in [-0.2, 0) is 11.3 Å². The van der Waals surface area contributed by atoms with Gasteiger partial charge in [0.25, 0.3) is 0 Å². The molecule has 0 bridgehead atoms. The molecule has 1 aliphatic rings. The predicted molar refractivity (Wildman–Crippen MR) is 78.1 cm³/mol. The van der Waals surface area contributed by atoms with Gasteiger partial charge in [0.2, 0.25) is 5.91 Å². The van der Waals surface area contributed by atoms with Crippen molar-refractivity contribution in [3.63, 3.8) is 0 Å². The Bertz CT molecular complexity index is 635. The molecule has 0 radical (unpaired) electrons. The smallest absolute Gasteiger partial charge is 0.223 e. The van der Waals surface area contributed by atoms with Crippen molar-refractivity contribution in [2.75, 3.05) is 0 Å². The Labute approximate surface area is 123 Å². The number of carbonyl (C=O) groups excluding carboxylic acids is 1. The van der Waals surface area contributed by atoms with Gasteiger partial charge in [-0.15, -0.1) is 0 Å². The quantitative estimate of drug-likeness (QED) is 0.876. The fourth-order valence-electron chi connectivity index (χ4n) is 2.48. The van der Waals surface area contributed by atoms with E-state index in [1.807, 2.05) is 6.07 Å². The van der Waals surface area contributed by atoms with Crippen LogP contribution in [0.3, 0.4) is 0 Å². The molecule has 1 N–H and O–H groups in total. The van der Waals surface area contributed by atoms with E-state index in [1.165, 1.54) is 0 Å². The number of furan rings is 1. The Morgan fingerprint density at radius 3 is 3.00 bits per heavy atom. The van der Waals surface area contributed by atoms with Gasteiger partial charge in [0.1, 0.15) is 0 Å². The molecule has 108 valence electrons. The molecule has 0 fully saturated rings. The summed E-state index contributed by atoms with van der Waals surface area (Å²) in [6.45, 7) is 0.382. The van der Waals surface area contributed by atoms with Crippen molar-refractivity contribution in [1.29, 1.82) is 0 Å². The third-order valence-electron chi connectivity index (χ3n) is 3.64. The molecule has 0 aliphatic heterocycles. The normalized spacial score (nSPS) is 17.6. The number of hydrogen-bond donors (Lipinski definition) is 1. The maximum Gasteiger partial charge on any atom is 0.223 e. The Balaban J connectivity index is 1.68. The fourth-order valence-corrected chi connectivity index (χ4v) is 2.48. The van der Waals surface area contributed by atoms with E-state index in [9.17, 15) is 4.79 Å². The molecule has 2 heterocycles. The highest BCUT2D eigenvalue weighted by atomic mass is 16.3. The summed E-state index contributed by atoms with van der Waals surface area (Å²) in [5, 5.41) is 2.97. The number of allylic oxidation sites excluding steroid dienone is 2. The molecule has 0 saturated carbocycles. The van der Waals surface area contributed by atoms with Gasteiger partial charge in [-0.25, -0.2) is 0 Å². The number of aromatic nitrogens is 2. The fraction of sp³-hybridized carbons (Fsp3) is 0.312. The monoisotopic (exact) mass is 283 g/mol. The van der Waals surface area contributed by atoms with E-state index in [4.69, 9.17) is 4.42 Å². The van der Waals surface area contributed by atoms with E-state index < -0.39 is 0 Å². The molecule has 0 saturated heterocycles. The Hall–Kier alpha value is -2.43. The lowest BCUT2D eigenvalue weighted by Gasteiger charge is -2.17. The van der Waals surface area contributed by atoms with Crippen LogP contribution in [0.2, 0.25) is 0 Å². The maximum absolute atomic E-state index is 12.2. The van der Waals surface area contributed by atoms with Crippen LogP contribution in [0.15, 0.2) is 47.6 Å². The molecule has 0 aromatic carbocycles. The van der Waals surface area contributed by atoms with E-state index in [0.717, 1.165) is 36.2 Å². The van der Waals surface area contributed by atoms with Gasteiger partial charge in [-0.05, 0) is 25.3 Å². The molecule has 5 heteroatoms. The van der Waals surface area contributed by atoms with Gasteiger partial charge in [0, 0.05) is 23.9 Å². The van der Waals surface area contributed by atoms with E-state index in [2.05, 4.69) is 27.4 Å². The first-order chi connectivity index (χ1) is 10.3. The van der Waals surface area contributed by atoms with Gasteiger partial charge < -0.3 is 9.73 Å². The number of nitrogens with zero attached hydrogens (tertiary/aromatic N) is 2. The van der Waals surface area contributed by atoms with Crippen LogP contribution in [0.5, 0.6) is 0 Å². The largest absolute Gasteiger partial charge is 0.472 e. The van der Waals surface area contributed by atoms with Gasteiger partial charge >= 0.3 is 0 Å². The third kappa shape index (κ3) is 3.18. The first-order valence-corrected chi connectivity index (χ1v) is 7.10. The zero-order valence-corrected chi connectivity index (χ0v) is 11.7. The summed E-state index contributed by atoms with van der Waals surface area (Å²) in [5.41, 5.74) is 2.36. The topological polar surface area (TPSA) is 68.0 Å². The Kier molecular flexibility index (Phi) is 4.09. The summed E-state index contributed by atoms with van der Waals surface area (Å²) in [5.74, 6) is 0.159.